The van der Waals surface area contributed by atoms with E-state index in [9.17, 15) is 4.79 Å². The van der Waals surface area contributed by atoms with Crippen LogP contribution in [0, 0.1) is 0 Å². The first kappa shape index (κ1) is 19.5. The van der Waals surface area contributed by atoms with Gasteiger partial charge < -0.3 is 10.2 Å². The Labute approximate surface area is 177 Å². The molecule has 146 valence electrons. The van der Waals surface area contributed by atoms with E-state index in [1.165, 1.54) is 0 Å². The Bertz CT molecular complexity index is 985. The third-order valence-corrected chi connectivity index (χ3v) is 6.33. The first-order valence-corrected chi connectivity index (χ1v) is 10.7. The van der Waals surface area contributed by atoms with Crippen molar-refractivity contribution in [2.45, 2.75) is 0 Å². The van der Waals surface area contributed by atoms with Crippen molar-refractivity contribution in [2.75, 3.05) is 44.2 Å². The fourth-order valence-electron chi connectivity index (χ4n) is 3.24. The molecule has 1 saturated heterocycles. The van der Waals surface area contributed by atoms with Crippen molar-refractivity contribution in [3.63, 3.8) is 0 Å². The number of nitrogens with one attached hydrogen (secondary N) is 1. The van der Waals surface area contributed by atoms with Crippen LogP contribution in [0.15, 0.2) is 42.5 Å². The molecule has 1 aliphatic heterocycles. The summed E-state index contributed by atoms with van der Waals surface area (Å²) in [6.07, 6.45) is 0. The van der Waals surface area contributed by atoms with Gasteiger partial charge in [-0.05, 0) is 36.4 Å². The number of nitrogens with zero attached hydrogens (tertiary/aromatic N) is 3. The maximum atomic E-state index is 12.2. The van der Waals surface area contributed by atoms with Crippen LogP contribution in [0.25, 0.3) is 10.2 Å². The molecule has 0 unspecified atom stereocenters. The molecule has 0 aliphatic carbocycles. The smallest absolute Gasteiger partial charge is 0.251 e. The van der Waals surface area contributed by atoms with Crippen molar-refractivity contribution in [3.05, 3.63) is 58.1 Å². The number of halogens is 2. The van der Waals surface area contributed by atoms with Gasteiger partial charge in [-0.25, -0.2) is 4.98 Å². The number of hydrogen-bond donors (Lipinski definition) is 1. The average Bonchev–Trinajstić information content (AvgIpc) is 3.11. The maximum absolute atomic E-state index is 12.2. The van der Waals surface area contributed by atoms with E-state index < -0.39 is 0 Å². The van der Waals surface area contributed by atoms with Crippen LogP contribution < -0.4 is 10.2 Å². The number of hydrogen-bond acceptors (Lipinski definition) is 5. The summed E-state index contributed by atoms with van der Waals surface area (Å²) in [6, 6.07) is 12.8. The van der Waals surface area contributed by atoms with Crippen molar-refractivity contribution in [1.82, 2.24) is 15.2 Å². The van der Waals surface area contributed by atoms with E-state index in [-0.39, 0.29) is 5.91 Å². The number of anilines is 1. The van der Waals surface area contributed by atoms with Gasteiger partial charge in [-0.2, -0.15) is 0 Å². The highest BCUT2D eigenvalue weighted by Crippen LogP contribution is 2.31. The first-order chi connectivity index (χ1) is 13.6. The van der Waals surface area contributed by atoms with Crippen LogP contribution >= 0.6 is 34.5 Å². The molecule has 1 amide bonds. The number of carbonyl (C=O) groups is 1. The summed E-state index contributed by atoms with van der Waals surface area (Å²) in [5, 5.41) is 5.32. The van der Waals surface area contributed by atoms with Crippen molar-refractivity contribution in [3.8, 4) is 0 Å². The Morgan fingerprint density at radius 1 is 1.07 bits per heavy atom. The number of benzene rings is 2. The quantitative estimate of drug-likeness (QED) is 0.654. The molecule has 5 nitrogen and oxygen atoms in total. The lowest BCUT2D eigenvalue weighted by Gasteiger charge is -2.34. The minimum Gasteiger partial charge on any atom is -0.351 e. The zero-order chi connectivity index (χ0) is 19.5. The normalized spacial score (nSPS) is 15.1. The molecule has 28 heavy (non-hydrogen) atoms. The number of amides is 1. The molecule has 0 saturated carbocycles. The summed E-state index contributed by atoms with van der Waals surface area (Å²) in [6.45, 7) is 5.19. The molecule has 0 radical (unpaired) electrons. The molecule has 1 fully saturated rings. The van der Waals surface area contributed by atoms with E-state index >= 15 is 0 Å². The average molecular weight is 435 g/mol. The second kappa shape index (κ2) is 8.66. The molecule has 2 heterocycles. The zero-order valence-electron chi connectivity index (χ0n) is 15.2. The van der Waals surface area contributed by atoms with Crippen LogP contribution in [-0.2, 0) is 0 Å². The van der Waals surface area contributed by atoms with E-state index in [0.717, 1.165) is 53.1 Å². The van der Waals surface area contributed by atoms with Crippen LogP contribution in [-0.4, -0.2) is 55.1 Å². The number of piperazine rings is 1. The van der Waals surface area contributed by atoms with E-state index in [4.69, 9.17) is 28.2 Å². The van der Waals surface area contributed by atoms with Crippen molar-refractivity contribution in [1.29, 1.82) is 0 Å². The second-order valence-corrected chi connectivity index (χ2v) is 8.59. The van der Waals surface area contributed by atoms with Crippen molar-refractivity contribution in [2.24, 2.45) is 0 Å². The largest absolute Gasteiger partial charge is 0.351 e. The Kier molecular flexibility index (Phi) is 6.01. The second-order valence-electron chi connectivity index (χ2n) is 6.70. The summed E-state index contributed by atoms with van der Waals surface area (Å²) in [5.41, 5.74) is 1.59. The highest BCUT2D eigenvalue weighted by atomic mass is 35.5. The summed E-state index contributed by atoms with van der Waals surface area (Å²) in [4.78, 5) is 21.6. The Morgan fingerprint density at radius 2 is 1.86 bits per heavy atom. The monoisotopic (exact) mass is 434 g/mol. The van der Waals surface area contributed by atoms with E-state index in [2.05, 4.69) is 15.1 Å². The Balaban J connectivity index is 1.25. The van der Waals surface area contributed by atoms with Gasteiger partial charge in [0, 0.05) is 54.9 Å². The fraction of sp³-hybridized carbons (Fsp3) is 0.300. The van der Waals surface area contributed by atoms with Gasteiger partial charge in [-0.1, -0.05) is 40.6 Å². The van der Waals surface area contributed by atoms with Crippen LogP contribution in [0.5, 0.6) is 0 Å². The number of carbonyl (C=O) groups excluding carboxylic acids is 1. The Hall–Kier alpha value is -1.86. The third kappa shape index (κ3) is 4.58. The van der Waals surface area contributed by atoms with Gasteiger partial charge in [-0.15, -0.1) is 0 Å². The summed E-state index contributed by atoms with van der Waals surface area (Å²) in [7, 11) is 0. The summed E-state index contributed by atoms with van der Waals surface area (Å²) >= 11 is 13.7. The van der Waals surface area contributed by atoms with Crippen molar-refractivity contribution >= 4 is 55.8 Å². The van der Waals surface area contributed by atoms with Gasteiger partial charge in [-0.3, -0.25) is 9.69 Å². The minimum atomic E-state index is -0.0886. The standard InChI is InChI=1S/C20H20Cl2N4OS/c21-15-3-1-2-14(12-15)19(27)23-6-7-25-8-10-26(11-9-25)20-24-17-5-4-16(22)13-18(17)28-20/h1-5,12-13H,6-11H2,(H,23,27). The Morgan fingerprint density at radius 3 is 2.64 bits per heavy atom. The SMILES string of the molecule is O=C(NCCN1CCN(c2nc3ccc(Cl)cc3s2)CC1)c1cccc(Cl)c1. The molecule has 0 bridgehead atoms. The van der Waals surface area contributed by atoms with E-state index in [1.54, 1.807) is 35.6 Å². The third-order valence-electron chi connectivity index (χ3n) is 4.78. The molecule has 0 spiro atoms. The molecule has 2 aromatic carbocycles. The van der Waals surface area contributed by atoms with Crippen LogP contribution in [0.3, 0.4) is 0 Å². The molecular formula is C20H20Cl2N4OS. The fourth-order valence-corrected chi connectivity index (χ4v) is 4.73. The zero-order valence-corrected chi connectivity index (χ0v) is 17.5. The highest BCUT2D eigenvalue weighted by Gasteiger charge is 2.20. The number of aromatic nitrogens is 1. The van der Waals surface area contributed by atoms with Gasteiger partial charge in [0.2, 0.25) is 0 Å². The molecule has 1 aromatic heterocycles. The number of thiazole rings is 1. The molecule has 4 rings (SSSR count). The molecular weight excluding hydrogens is 415 g/mol. The number of fused-ring (bicyclic) bond motifs is 1. The van der Waals surface area contributed by atoms with Crippen molar-refractivity contribution < 1.29 is 4.79 Å². The predicted octanol–water partition coefficient (Wildman–Crippen LogP) is 4.16. The summed E-state index contributed by atoms with van der Waals surface area (Å²) < 4.78 is 1.12. The van der Waals surface area contributed by atoms with E-state index in [1.807, 2.05) is 18.2 Å². The lowest BCUT2D eigenvalue weighted by Crippen LogP contribution is -2.48. The van der Waals surface area contributed by atoms with Gasteiger partial charge in [0.15, 0.2) is 5.13 Å². The lowest BCUT2D eigenvalue weighted by molar-refractivity contribution is 0.0948. The molecule has 1 aliphatic rings. The van der Waals surface area contributed by atoms with Crippen LogP contribution in [0.2, 0.25) is 10.0 Å². The molecule has 3 aromatic rings. The minimum absolute atomic E-state index is 0.0886. The summed E-state index contributed by atoms with van der Waals surface area (Å²) in [5.74, 6) is -0.0886. The maximum Gasteiger partial charge on any atom is 0.251 e. The van der Waals surface area contributed by atoms with Crippen LogP contribution in [0.1, 0.15) is 10.4 Å². The van der Waals surface area contributed by atoms with Crippen LogP contribution in [0.4, 0.5) is 5.13 Å². The van der Waals surface area contributed by atoms with Gasteiger partial charge >= 0.3 is 0 Å². The first-order valence-electron chi connectivity index (χ1n) is 9.16. The molecule has 8 heteroatoms. The predicted molar refractivity (Wildman–Crippen MR) is 117 cm³/mol. The van der Waals surface area contributed by atoms with Gasteiger partial charge in [0.1, 0.15) is 0 Å². The molecule has 1 N–H and O–H groups in total. The molecule has 0 atom stereocenters. The number of rotatable bonds is 5. The lowest BCUT2D eigenvalue weighted by atomic mass is 10.2. The highest BCUT2D eigenvalue weighted by molar-refractivity contribution is 7.22. The van der Waals surface area contributed by atoms with Gasteiger partial charge in [0.25, 0.3) is 5.91 Å². The van der Waals surface area contributed by atoms with E-state index in [0.29, 0.717) is 17.1 Å². The van der Waals surface area contributed by atoms with Gasteiger partial charge in [0.05, 0.1) is 10.2 Å². The topological polar surface area (TPSA) is 48.5 Å².